The van der Waals surface area contributed by atoms with E-state index in [-0.39, 0.29) is 23.5 Å². The average molecular weight is 409 g/mol. The van der Waals surface area contributed by atoms with Crippen molar-refractivity contribution in [3.8, 4) is 0 Å². The molecule has 0 unspecified atom stereocenters. The van der Waals surface area contributed by atoms with E-state index in [0.717, 1.165) is 36.7 Å². The predicted octanol–water partition coefficient (Wildman–Crippen LogP) is 2.12. The minimum atomic E-state index is -3.63. The van der Waals surface area contributed by atoms with Crippen molar-refractivity contribution >= 4 is 22.6 Å². The van der Waals surface area contributed by atoms with Crippen molar-refractivity contribution in [1.29, 1.82) is 0 Å². The Bertz CT molecular complexity index is 800. The number of benzene rings is 1. The van der Waals surface area contributed by atoms with Crippen LogP contribution in [0.2, 0.25) is 0 Å². The molecule has 8 heteroatoms. The molecule has 28 heavy (non-hydrogen) atoms. The van der Waals surface area contributed by atoms with Crippen molar-refractivity contribution in [3.05, 3.63) is 23.8 Å². The lowest BCUT2D eigenvalue weighted by Crippen LogP contribution is -2.41. The Morgan fingerprint density at radius 3 is 2.21 bits per heavy atom. The molecule has 1 saturated carbocycles. The summed E-state index contributed by atoms with van der Waals surface area (Å²) >= 11 is 0. The largest absolute Gasteiger partial charge is 0.495 e. The topological polar surface area (TPSA) is 84.9 Å². The van der Waals surface area contributed by atoms with Gasteiger partial charge >= 0.3 is 7.12 Å². The maximum absolute atomic E-state index is 12.9. The molecule has 1 aromatic carbocycles. The average Bonchev–Trinajstić information content (AvgIpc) is 2.83. The highest BCUT2D eigenvalue weighted by Gasteiger charge is 2.52. The summed E-state index contributed by atoms with van der Waals surface area (Å²) in [6.07, 6.45) is 3.19. The van der Waals surface area contributed by atoms with E-state index in [1.807, 2.05) is 34.6 Å². The Kier molecular flexibility index (Phi) is 6.01. The summed E-state index contributed by atoms with van der Waals surface area (Å²) in [6, 6.07) is 5.01. The van der Waals surface area contributed by atoms with Crippen LogP contribution in [0.3, 0.4) is 0 Å². The van der Waals surface area contributed by atoms with Crippen molar-refractivity contribution in [2.45, 2.75) is 82.4 Å². The first-order valence-corrected chi connectivity index (χ1v) is 11.5. The Morgan fingerprint density at radius 1 is 1.11 bits per heavy atom. The number of aliphatic hydroxyl groups is 1. The fraction of sp³-hybridized carbons (Fsp3) is 0.700. The van der Waals surface area contributed by atoms with Crippen LogP contribution in [-0.4, -0.2) is 44.5 Å². The van der Waals surface area contributed by atoms with Gasteiger partial charge in [0.2, 0.25) is 10.0 Å². The fourth-order valence-corrected chi connectivity index (χ4v) is 5.10. The predicted molar refractivity (Wildman–Crippen MR) is 110 cm³/mol. The number of hydrogen-bond donors (Lipinski definition) is 2. The molecule has 0 atom stereocenters. The normalized spacial score (nSPS) is 27.1. The van der Waals surface area contributed by atoms with Gasteiger partial charge in [-0.25, -0.2) is 13.1 Å². The SMILES string of the molecule is Cc1ccc(S(=O)(=O)NC2CCC(CO)CC2)cc1B1OC(C)(C)C(C)(C)O1. The molecule has 0 spiro atoms. The zero-order valence-corrected chi connectivity index (χ0v) is 18.3. The van der Waals surface area contributed by atoms with Crippen LogP contribution in [0.4, 0.5) is 0 Å². The maximum Gasteiger partial charge on any atom is 0.495 e. The Balaban J connectivity index is 1.79. The molecule has 6 nitrogen and oxygen atoms in total. The van der Waals surface area contributed by atoms with Gasteiger partial charge in [0.05, 0.1) is 16.1 Å². The third-order valence-electron chi connectivity index (χ3n) is 6.49. The van der Waals surface area contributed by atoms with E-state index in [0.29, 0.717) is 0 Å². The van der Waals surface area contributed by atoms with Gasteiger partial charge in [-0.15, -0.1) is 0 Å². The van der Waals surface area contributed by atoms with E-state index in [1.165, 1.54) is 0 Å². The monoisotopic (exact) mass is 409 g/mol. The van der Waals surface area contributed by atoms with Crippen LogP contribution in [0.5, 0.6) is 0 Å². The highest BCUT2D eigenvalue weighted by molar-refractivity contribution is 7.89. The van der Waals surface area contributed by atoms with Gasteiger partial charge in [0.1, 0.15) is 0 Å². The van der Waals surface area contributed by atoms with Crippen LogP contribution in [0.1, 0.15) is 58.9 Å². The zero-order valence-electron chi connectivity index (χ0n) is 17.5. The van der Waals surface area contributed by atoms with Gasteiger partial charge in [-0.05, 0) is 83.8 Å². The standard InChI is InChI=1S/C20H32BNO5S/c1-14-6-11-17(12-18(14)21-26-19(2,3)20(4,5)27-21)28(24,25)22-16-9-7-15(13-23)8-10-16/h6,11-12,15-16,22-23H,7-10,13H2,1-5H3. The van der Waals surface area contributed by atoms with Crippen LogP contribution in [0.15, 0.2) is 23.1 Å². The Morgan fingerprint density at radius 2 is 1.68 bits per heavy atom. The van der Waals surface area contributed by atoms with E-state index in [4.69, 9.17) is 9.31 Å². The minimum Gasteiger partial charge on any atom is -0.399 e. The van der Waals surface area contributed by atoms with Crippen LogP contribution in [-0.2, 0) is 19.3 Å². The van der Waals surface area contributed by atoms with Crippen molar-refractivity contribution in [3.63, 3.8) is 0 Å². The molecule has 0 radical (unpaired) electrons. The summed E-state index contributed by atoms with van der Waals surface area (Å²) in [6.45, 7) is 10.0. The van der Waals surface area contributed by atoms with Crippen molar-refractivity contribution in [2.75, 3.05) is 6.61 Å². The van der Waals surface area contributed by atoms with Gasteiger partial charge in [-0.1, -0.05) is 11.6 Å². The quantitative estimate of drug-likeness (QED) is 0.728. The summed E-state index contributed by atoms with van der Waals surface area (Å²) < 4.78 is 40.9. The number of aryl methyl sites for hydroxylation is 1. The molecule has 0 bridgehead atoms. The van der Waals surface area contributed by atoms with Crippen LogP contribution in [0, 0.1) is 12.8 Å². The summed E-state index contributed by atoms with van der Waals surface area (Å²) in [5, 5.41) is 9.26. The molecular weight excluding hydrogens is 377 g/mol. The van der Waals surface area contributed by atoms with E-state index in [9.17, 15) is 13.5 Å². The molecule has 1 aliphatic carbocycles. The molecule has 0 aromatic heterocycles. The molecule has 1 aliphatic heterocycles. The maximum atomic E-state index is 12.9. The fourth-order valence-electron chi connectivity index (χ4n) is 3.76. The lowest BCUT2D eigenvalue weighted by atomic mass is 9.76. The summed E-state index contributed by atoms with van der Waals surface area (Å²) in [7, 11) is -4.23. The molecule has 156 valence electrons. The molecular formula is C20H32BNO5S. The number of nitrogens with one attached hydrogen (secondary N) is 1. The lowest BCUT2D eigenvalue weighted by Gasteiger charge is -2.32. The number of sulfonamides is 1. The third kappa shape index (κ3) is 4.31. The first-order chi connectivity index (χ1) is 12.9. The highest BCUT2D eigenvalue weighted by Crippen LogP contribution is 2.36. The molecule has 2 fully saturated rings. The van der Waals surface area contributed by atoms with Gasteiger partial charge in [-0.3, -0.25) is 0 Å². The first-order valence-electron chi connectivity index (χ1n) is 10.0. The number of hydrogen-bond acceptors (Lipinski definition) is 5. The molecule has 1 heterocycles. The second-order valence-corrected chi connectivity index (χ2v) is 10.8. The number of rotatable bonds is 5. The third-order valence-corrected chi connectivity index (χ3v) is 8.01. The summed E-state index contributed by atoms with van der Waals surface area (Å²) in [5.74, 6) is 0.287. The van der Waals surface area contributed by atoms with Crippen LogP contribution < -0.4 is 10.2 Å². The van der Waals surface area contributed by atoms with Gasteiger partial charge in [0, 0.05) is 12.6 Å². The van der Waals surface area contributed by atoms with Gasteiger partial charge in [-0.2, -0.15) is 0 Å². The molecule has 1 saturated heterocycles. The summed E-state index contributed by atoms with van der Waals surface area (Å²) in [5.41, 5.74) is 0.706. The second kappa shape index (κ2) is 7.72. The van der Waals surface area contributed by atoms with E-state index in [1.54, 1.807) is 18.2 Å². The Hall–Kier alpha value is -0.925. The van der Waals surface area contributed by atoms with Crippen LogP contribution >= 0.6 is 0 Å². The van der Waals surface area contributed by atoms with E-state index < -0.39 is 28.3 Å². The van der Waals surface area contributed by atoms with E-state index in [2.05, 4.69) is 4.72 Å². The highest BCUT2D eigenvalue weighted by atomic mass is 32.2. The first kappa shape index (κ1) is 21.8. The molecule has 1 aromatic rings. The van der Waals surface area contributed by atoms with Crippen molar-refractivity contribution in [2.24, 2.45) is 5.92 Å². The molecule has 0 amide bonds. The minimum absolute atomic E-state index is 0.0885. The molecule has 2 aliphatic rings. The van der Waals surface area contributed by atoms with Crippen molar-refractivity contribution in [1.82, 2.24) is 4.72 Å². The molecule has 3 rings (SSSR count). The van der Waals surface area contributed by atoms with E-state index >= 15 is 0 Å². The molecule has 2 N–H and O–H groups in total. The Labute approximate surface area is 169 Å². The van der Waals surface area contributed by atoms with Gasteiger partial charge in [0.25, 0.3) is 0 Å². The number of aliphatic hydroxyl groups excluding tert-OH is 1. The lowest BCUT2D eigenvalue weighted by molar-refractivity contribution is 0.00578. The smallest absolute Gasteiger partial charge is 0.399 e. The van der Waals surface area contributed by atoms with Gasteiger partial charge in [0.15, 0.2) is 0 Å². The van der Waals surface area contributed by atoms with Crippen LogP contribution in [0.25, 0.3) is 0 Å². The zero-order chi connectivity index (χ0) is 20.7. The summed E-state index contributed by atoms with van der Waals surface area (Å²) in [4.78, 5) is 0.229. The van der Waals surface area contributed by atoms with Crippen molar-refractivity contribution < 1.29 is 22.8 Å². The van der Waals surface area contributed by atoms with Gasteiger partial charge < -0.3 is 14.4 Å². The second-order valence-electron chi connectivity index (χ2n) is 9.13.